The average molecular weight is 266 g/mol. The van der Waals surface area contributed by atoms with E-state index in [0.717, 1.165) is 0 Å². The topological polar surface area (TPSA) is 72.5 Å². The molecule has 108 valence electrons. The number of methoxy groups -OCH3 is 2. The number of hydrogen-bond acceptors (Lipinski definition) is 7. The standard InChI is InChI=1S/C11H22O7/c1-9(13-3)15-5-7-17-11(12)18-8-6-16-10(2)14-4/h9-10H,5-8H2,1-4H3. The Bertz CT molecular complexity index is 190. The van der Waals surface area contributed by atoms with Crippen molar-refractivity contribution >= 4 is 6.16 Å². The summed E-state index contributed by atoms with van der Waals surface area (Å²) in [5, 5.41) is 0. The van der Waals surface area contributed by atoms with Gasteiger partial charge in [-0.3, -0.25) is 0 Å². The average Bonchev–Trinajstić information content (AvgIpc) is 2.38. The zero-order valence-electron chi connectivity index (χ0n) is 11.3. The summed E-state index contributed by atoms with van der Waals surface area (Å²) in [4.78, 5) is 11.1. The SMILES string of the molecule is COC(C)OCCOC(=O)OCCOC(C)OC. The molecule has 0 fully saturated rings. The predicted octanol–water partition coefficient (Wildman–Crippen LogP) is 1.16. The van der Waals surface area contributed by atoms with Crippen molar-refractivity contribution < 1.29 is 33.2 Å². The molecule has 0 amide bonds. The van der Waals surface area contributed by atoms with Gasteiger partial charge in [-0.15, -0.1) is 0 Å². The van der Waals surface area contributed by atoms with Crippen LogP contribution in [0, 0.1) is 0 Å². The first-order valence-corrected chi connectivity index (χ1v) is 5.68. The highest BCUT2D eigenvalue weighted by atomic mass is 16.7. The van der Waals surface area contributed by atoms with Gasteiger partial charge in [-0.2, -0.15) is 0 Å². The molecule has 0 saturated carbocycles. The van der Waals surface area contributed by atoms with Crippen molar-refractivity contribution in [2.75, 3.05) is 40.6 Å². The highest BCUT2D eigenvalue weighted by molar-refractivity contribution is 5.59. The van der Waals surface area contributed by atoms with E-state index in [9.17, 15) is 4.79 Å². The summed E-state index contributed by atoms with van der Waals surface area (Å²) in [6.07, 6.45) is -1.40. The van der Waals surface area contributed by atoms with Crippen molar-refractivity contribution in [3.8, 4) is 0 Å². The van der Waals surface area contributed by atoms with Gasteiger partial charge in [0.1, 0.15) is 13.2 Å². The second-order valence-electron chi connectivity index (χ2n) is 3.30. The van der Waals surface area contributed by atoms with Gasteiger partial charge < -0.3 is 28.4 Å². The quantitative estimate of drug-likeness (QED) is 0.334. The molecule has 0 N–H and O–H groups in total. The molecule has 2 unspecified atom stereocenters. The molecule has 0 aliphatic heterocycles. The van der Waals surface area contributed by atoms with Gasteiger partial charge in [0.15, 0.2) is 12.6 Å². The first kappa shape index (κ1) is 17.1. The van der Waals surface area contributed by atoms with Gasteiger partial charge >= 0.3 is 6.16 Å². The van der Waals surface area contributed by atoms with Crippen molar-refractivity contribution in [2.45, 2.75) is 26.4 Å². The molecule has 0 aromatic carbocycles. The van der Waals surface area contributed by atoms with Crippen LogP contribution in [-0.2, 0) is 28.4 Å². The van der Waals surface area contributed by atoms with Crippen LogP contribution in [0.4, 0.5) is 4.79 Å². The minimum Gasteiger partial charge on any atom is -0.432 e. The van der Waals surface area contributed by atoms with E-state index in [1.165, 1.54) is 14.2 Å². The molecule has 0 aliphatic rings. The minimum absolute atomic E-state index is 0.113. The first-order valence-electron chi connectivity index (χ1n) is 5.68. The van der Waals surface area contributed by atoms with Gasteiger partial charge in [0.2, 0.25) is 0 Å². The summed E-state index contributed by atoms with van der Waals surface area (Å²) in [6, 6.07) is 0. The van der Waals surface area contributed by atoms with Crippen LogP contribution in [0.1, 0.15) is 13.8 Å². The van der Waals surface area contributed by atoms with E-state index in [2.05, 4.69) is 0 Å². The third-order valence-corrected chi connectivity index (χ3v) is 1.98. The number of carbonyl (C=O) groups excluding carboxylic acids is 1. The summed E-state index contributed by atoms with van der Waals surface area (Å²) in [6.45, 7) is 4.21. The van der Waals surface area contributed by atoms with Crippen molar-refractivity contribution in [2.24, 2.45) is 0 Å². The molecule has 7 nitrogen and oxygen atoms in total. The van der Waals surface area contributed by atoms with Crippen molar-refractivity contribution in [3.05, 3.63) is 0 Å². The molecule has 0 rings (SSSR count). The molecule has 7 heteroatoms. The van der Waals surface area contributed by atoms with Crippen molar-refractivity contribution in [1.29, 1.82) is 0 Å². The van der Waals surface area contributed by atoms with Gasteiger partial charge in [-0.25, -0.2) is 4.79 Å². The fourth-order valence-electron chi connectivity index (χ4n) is 0.856. The number of rotatable bonds is 10. The molecule has 2 atom stereocenters. The lowest BCUT2D eigenvalue weighted by atomic mass is 10.7. The van der Waals surface area contributed by atoms with Crippen LogP contribution in [0.15, 0.2) is 0 Å². The van der Waals surface area contributed by atoms with Gasteiger partial charge in [0, 0.05) is 14.2 Å². The lowest BCUT2D eigenvalue weighted by molar-refractivity contribution is -0.125. The molecule has 0 saturated heterocycles. The third-order valence-electron chi connectivity index (χ3n) is 1.98. The summed E-state index contributed by atoms with van der Waals surface area (Å²) in [7, 11) is 3.06. The maximum Gasteiger partial charge on any atom is 0.508 e. The maximum atomic E-state index is 11.1. The summed E-state index contributed by atoms with van der Waals surface area (Å²) >= 11 is 0. The molecule has 0 aliphatic carbocycles. The Morgan fingerprint density at radius 3 is 1.56 bits per heavy atom. The van der Waals surface area contributed by atoms with E-state index in [4.69, 9.17) is 28.4 Å². The van der Waals surface area contributed by atoms with Gasteiger partial charge in [-0.1, -0.05) is 0 Å². The summed E-state index contributed by atoms with van der Waals surface area (Å²) < 4.78 is 29.4. The Hall–Kier alpha value is -0.890. The molecule has 0 radical (unpaired) electrons. The van der Waals surface area contributed by atoms with Crippen LogP contribution in [0.5, 0.6) is 0 Å². The summed E-state index contributed by atoms with van der Waals surface area (Å²) in [5.74, 6) is 0. The van der Waals surface area contributed by atoms with Crippen LogP contribution in [0.2, 0.25) is 0 Å². The Kier molecular flexibility index (Phi) is 10.7. The molecular formula is C11H22O7. The zero-order chi connectivity index (χ0) is 13.8. The van der Waals surface area contributed by atoms with Crippen LogP contribution in [0.25, 0.3) is 0 Å². The number of ether oxygens (including phenoxy) is 6. The largest absolute Gasteiger partial charge is 0.508 e. The lowest BCUT2D eigenvalue weighted by Crippen LogP contribution is -2.19. The van der Waals surface area contributed by atoms with E-state index >= 15 is 0 Å². The number of carbonyl (C=O) groups is 1. The third kappa shape index (κ3) is 10.3. The fraction of sp³-hybridized carbons (Fsp3) is 0.909. The van der Waals surface area contributed by atoms with Crippen LogP contribution >= 0.6 is 0 Å². The van der Waals surface area contributed by atoms with E-state index in [-0.39, 0.29) is 39.0 Å². The van der Waals surface area contributed by atoms with Crippen LogP contribution < -0.4 is 0 Å². The van der Waals surface area contributed by atoms with E-state index < -0.39 is 6.16 Å². The molecule has 0 bridgehead atoms. The highest BCUT2D eigenvalue weighted by Gasteiger charge is 2.05. The van der Waals surface area contributed by atoms with Crippen LogP contribution in [-0.4, -0.2) is 59.4 Å². The zero-order valence-corrected chi connectivity index (χ0v) is 11.3. The number of hydrogen-bond donors (Lipinski definition) is 0. The maximum absolute atomic E-state index is 11.1. The Balaban J connectivity index is 3.33. The van der Waals surface area contributed by atoms with E-state index in [0.29, 0.717) is 0 Å². The fourth-order valence-corrected chi connectivity index (χ4v) is 0.856. The molecule has 0 spiro atoms. The predicted molar refractivity (Wildman–Crippen MR) is 62.1 cm³/mol. The van der Waals surface area contributed by atoms with Crippen molar-refractivity contribution in [1.82, 2.24) is 0 Å². The van der Waals surface area contributed by atoms with E-state index in [1.54, 1.807) is 13.8 Å². The normalized spacial score (nSPS) is 14.0. The van der Waals surface area contributed by atoms with Gasteiger partial charge in [0.25, 0.3) is 0 Å². The molecule has 0 heterocycles. The van der Waals surface area contributed by atoms with Gasteiger partial charge in [-0.05, 0) is 13.8 Å². The highest BCUT2D eigenvalue weighted by Crippen LogP contribution is 1.93. The molecule has 18 heavy (non-hydrogen) atoms. The first-order chi connectivity index (χ1) is 8.60. The lowest BCUT2D eigenvalue weighted by Gasteiger charge is -2.12. The Morgan fingerprint density at radius 1 is 0.833 bits per heavy atom. The van der Waals surface area contributed by atoms with Crippen molar-refractivity contribution in [3.63, 3.8) is 0 Å². The smallest absolute Gasteiger partial charge is 0.432 e. The van der Waals surface area contributed by atoms with E-state index in [1.807, 2.05) is 0 Å². The monoisotopic (exact) mass is 266 g/mol. The van der Waals surface area contributed by atoms with Crippen LogP contribution in [0.3, 0.4) is 0 Å². The molecule has 0 aromatic heterocycles. The Labute approximate surface area is 107 Å². The molecular weight excluding hydrogens is 244 g/mol. The second-order valence-corrected chi connectivity index (χ2v) is 3.30. The second kappa shape index (κ2) is 11.2. The summed E-state index contributed by atoms with van der Waals surface area (Å²) in [5.41, 5.74) is 0. The molecule has 0 aromatic rings. The Morgan fingerprint density at radius 2 is 1.22 bits per heavy atom. The van der Waals surface area contributed by atoms with Gasteiger partial charge in [0.05, 0.1) is 13.2 Å². The minimum atomic E-state index is -0.752.